The molecule has 0 bridgehead atoms. The van der Waals surface area contributed by atoms with Gasteiger partial charge in [-0.05, 0) is 19.3 Å². The Balaban J connectivity index is 1.71. The van der Waals surface area contributed by atoms with E-state index in [4.69, 9.17) is 14.2 Å². The molecular weight excluding hydrogens is 630 g/mol. The third-order valence-corrected chi connectivity index (χ3v) is 10.3. The SMILES string of the molecule is CCCCCCCCCCCCCC[C@@H](O)[C@@H](O)[C@H](COC1OC(CO)C(O)C(O)C1O)NC(=O)CCCCCCCCCCC1COC1. The molecule has 0 radical (unpaired) electrons. The molecule has 2 heterocycles. The molecule has 0 aromatic carbocycles. The van der Waals surface area contributed by atoms with Gasteiger partial charge in [-0.25, -0.2) is 0 Å². The van der Waals surface area contributed by atoms with E-state index in [9.17, 15) is 35.4 Å². The smallest absolute Gasteiger partial charge is 0.220 e. The summed E-state index contributed by atoms with van der Waals surface area (Å²) in [5.74, 6) is 0.507. The van der Waals surface area contributed by atoms with Gasteiger partial charge in [0.05, 0.1) is 38.6 Å². The third-order valence-electron chi connectivity index (χ3n) is 10.3. The number of rotatable bonds is 31. The maximum atomic E-state index is 12.9. The van der Waals surface area contributed by atoms with Crippen molar-refractivity contribution in [3.63, 3.8) is 0 Å². The van der Waals surface area contributed by atoms with Gasteiger partial charge in [-0.3, -0.25) is 4.79 Å². The van der Waals surface area contributed by atoms with E-state index in [0.717, 1.165) is 64.1 Å². The van der Waals surface area contributed by atoms with Crippen LogP contribution in [0, 0.1) is 5.92 Å². The molecule has 290 valence electrons. The van der Waals surface area contributed by atoms with E-state index < -0.39 is 55.6 Å². The molecule has 8 atom stereocenters. The predicted molar refractivity (Wildman–Crippen MR) is 190 cm³/mol. The van der Waals surface area contributed by atoms with Crippen molar-refractivity contribution >= 4 is 5.91 Å². The highest BCUT2D eigenvalue weighted by Crippen LogP contribution is 2.23. The average molecular weight is 704 g/mol. The number of hydrogen-bond donors (Lipinski definition) is 7. The molecule has 0 spiro atoms. The first-order valence-corrected chi connectivity index (χ1v) is 19.9. The fourth-order valence-electron chi connectivity index (χ4n) is 6.77. The minimum absolute atomic E-state index is 0.265. The summed E-state index contributed by atoms with van der Waals surface area (Å²) < 4.78 is 16.3. The number of hydrogen-bond acceptors (Lipinski definition) is 10. The summed E-state index contributed by atoms with van der Waals surface area (Å²) in [7, 11) is 0. The van der Waals surface area contributed by atoms with Crippen molar-refractivity contribution in [2.75, 3.05) is 26.4 Å². The van der Waals surface area contributed by atoms with Crippen molar-refractivity contribution in [1.29, 1.82) is 0 Å². The van der Waals surface area contributed by atoms with E-state index >= 15 is 0 Å². The fraction of sp³-hybridized carbons (Fsp3) is 0.974. The molecule has 49 heavy (non-hydrogen) atoms. The van der Waals surface area contributed by atoms with E-state index in [0.29, 0.717) is 12.8 Å². The molecule has 7 N–H and O–H groups in total. The lowest BCUT2D eigenvalue weighted by atomic mass is 9.98. The number of ether oxygens (including phenoxy) is 3. The molecule has 2 aliphatic heterocycles. The highest BCUT2D eigenvalue weighted by atomic mass is 16.7. The number of aliphatic hydroxyl groups excluding tert-OH is 6. The minimum Gasteiger partial charge on any atom is -0.394 e. The van der Waals surface area contributed by atoms with Crippen molar-refractivity contribution < 1.29 is 49.6 Å². The standard InChI is InChI=1S/C38H73NO10/c1-2-3-4-5-6-7-8-9-10-14-17-20-23-31(41)34(43)30(28-48-38-37(46)36(45)35(44)32(25-40)49-38)39-33(42)24-21-18-15-12-11-13-16-19-22-29-26-47-27-29/h29-32,34-38,40-41,43-46H,2-28H2,1H3,(H,39,42)/t30-,31+,32?,34-,35?,36?,37?,38?/m0/s1. The fourth-order valence-corrected chi connectivity index (χ4v) is 6.77. The summed E-state index contributed by atoms with van der Waals surface area (Å²) in [6, 6.07) is -0.987. The Bertz CT molecular complexity index is 800. The zero-order chi connectivity index (χ0) is 35.7. The van der Waals surface area contributed by atoms with Gasteiger partial charge in [-0.2, -0.15) is 0 Å². The number of carbonyl (C=O) groups excluding carboxylic acids is 1. The molecule has 2 fully saturated rings. The number of carbonyl (C=O) groups is 1. The van der Waals surface area contributed by atoms with Crippen LogP contribution in [0.4, 0.5) is 0 Å². The Labute approximate surface area is 296 Å². The van der Waals surface area contributed by atoms with Gasteiger partial charge in [-0.15, -0.1) is 0 Å². The lowest BCUT2D eigenvalue weighted by molar-refractivity contribution is -0.303. The molecular formula is C38H73NO10. The molecule has 11 heteroatoms. The lowest BCUT2D eigenvalue weighted by Crippen LogP contribution is -2.60. The second kappa shape index (κ2) is 27.7. The summed E-state index contributed by atoms with van der Waals surface area (Å²) in [6.45, 7) is 3.19. The Morgan fingerprint density at radius 1 is 0.735 bits per heavy atom. The molecule has 11 nitrogen and oxygen atoms in total. The average Bonchev–Trinajstić information content (AvgIpc) is 3.07. The normalized spacial score (nSPS) is 24.8. The van der Waals surface area contributed by atoms with E-state index in [-0.39, 0.29) is 18.9 Å². The molecule has 1 amide bonds. The van der Waals surface area contributed by atoms with Gasteiger partial charge < -0.3 is 50.2 Å². The minimum atomic E-state index is -1.60. The Morgan fingerprint density at radius 3 is 1.80 bits per heavy atom. The number of nitrogens with one attached hydrogen (secondary N) is 1. The van der Waals surface area contributed by atoms with Crippen molar-refractivity contribution in [1.82, 2.24) is 5.32 Å². The van der Waals surface area contributed by atoms with Gasteiger partial charge in [0.1, 0.15) is 30.5 Å². The van der Waals surface area contributed by atoms with E-state index in [1.165, 1.54) is 83.5 Å². The first-order valence-electron chi connectivity index (χ1n) is 19.9. The summed E-state index contributed by atoms with van der Waals surface area (Å²) in [6.07, 6.45) is 15.4. The monoisotopic (exact) mass is 704 g/mol. The third kappa shape index (κ3) is 19.0. The van der Waals surface area contributed by atoms with Gasteiger partial charge in [-0.1, -0.05) is 129 Å². The number of unbranched alkanes of at least 4 members (excludes halogenated alkanes) is 18. The molecule has 5 unspecified atom stereocenters. The second-order valence-corrected chi connectivity index (χ2v) is 14.7. The zero-order valence-electron chi connectivity index (χ0n) is 30.6. The predicted octanol–water partition coefficient (Wildman–Crippen LogP) is 4.65. The largest absolute Gasteiger partial charge is 0.394 e. The molecule has 2 rings (SSSR count). The molecule has 0 saturated carbocycles. The molecule has 2 saturated heterocycles. The van der Waals surface area contributed by atoms with Gasteiger partial charge in [0.2, 0.25) is 5.91 Å². The van der Waals surface area contributed by atoms with E-state index in [1.54, 1.807) is 0 Å². The summed E-state index contributed by atoms with van der Waals surface area (Å²) in [5, 5.41) is 64.8. The van der Waals surface area contributed by atoms with Crippen LogP contribution in [0.1, 0.15) is 155 Å². The quantitative estimate of drug-likeness (QED) is 0.0503. The van der Waals surface area contributed by atoms with Crippen LogP contribution >= 0.6 is 0 Å². The van der Waals surface area contributed by atoms with Crippen LogP contribution in [-0.2, 0) is 19.0 Å². The Hall–Kier alpha value is -0.890. The van der Waals surface area contributed by atoms with E-state index in [2.05, 4.69) is 12.2 Å². The first-order chi connectivity index (χ1) is 23.8. The van der Waals surface area contributed by atoms with Gasteiger partial charge in [0, 0.05) is 12.3 Å². The molecule has 2 aliphatic rings. The van der Waals surface area contributed by atoms with Crippen molar-refractivity contribution in [2.24, 2.45) is 5.92 Å². The van der Waals surface area contributed by atoms with Crippen LogP contribution in [0.15, 0.2) is 0 Å². The van der Waals surface area contributed by atoms with Crippen molar-refractivity contribution in [3.8, 4) is 0 Å². The zero-order valence-corrected chi connectivity index (χ0v) is 30.6. The molecule has 0 aromatic heterocycles. The molecule has 0 aromatic rings. The van der Waals surface area contributed by atoms with Crippen molar-refractivity contribution in [3.05, 3.63) is 0 Å². The Kier molecular flexibility index (Phi) is 25.0. The van der Waals surface area contributed by atoms with Crippen molar-refractivity contribution in [2.45, 2.75) is 204 Å². The second-order valence-electron chi connectivity index (χ2n) is 14.7. The lowest BCUT2D eigenvalue weighted by Gasteiger charge is -2.40. The highest BCUT2D eigenvalue weighted by Gasteiger charge is 2.44. The van der Waals surface area contributed by atoms with Crippen LogP contribution < -0.4 is 5.32 Å². The van der Waals surface area contributed by atoms with Crippen LogP contribution in [-0.4, -0.2) is 112 Å². The van der Waals surface area contributed by atoms with Gasteiger partial charge >= 0.3 is 0 Å². The topological polar surface area (TPSA) is 178 Å². The highest BCUT2D eigenvalue weighted by molar-refractivity contribution is 5.76. The van der Waals surface area contributed by atoms with Crippen LogP contribution in [0.5, 0.6) is 0 Å². The summed E-state index contributed by atoms with van der Waals surface area (Å²) >= 11 is 0. The van der Waals surface area contributed by atoms with Crippen LogP contribution in [0.2, 0.25) is 0 Å². The maximum Gasteiger partial charge on any atom is 0.220 e. The number of amides is 1. The van der Waals surface area contributed by atoms with E-state index in [1.807, 2.05) is 0 Å². The van der Waals surface area contributed by atoms with Gasteiger partial charge in [0.25, 0.3) is 0 Å². The first kappa shape index (κ1) is 44.3. The maximum absolute atomic E-state index is 12.9. The number of aliphatic hydroxyl groups is 6. The summed E-state index contributed by atoms with van der Waals surface area (Å²) in [4.78, 5) is 12.9. The molecule has 0 aliphatic carbocycles. The van der Waals surface area contributed by atoms with Crippen LogP contribution in [0.3, 0.4) is 0 Å². The summed E-state index contributed by atoms with van der Waals surface area (Å²) in [5.41, 5.74) is 0. The van der Waals surface area contributed by atoms with Crippen LogP contribution in [0.25, 0.3) is 0 Å². The van der Waals surface area contributed by atoms with Gasteiger partial charge in [0.15, 0.2) is 6.29 Å². The Morgan fingerprint density at radius 2 is 1.27 bits per heavy atom.